The van der Waals surface area contributed by atoms with E-state index in [1.54, 1.807) is 13.8 Å². The Hall–Kier alpha value is -1.58. The Bertz CT molecular complexity index is 426. The lowest BCUT2D eigenvalue weighted by molar-refractivity contribution is -0.135. The molecule has 0 heterocycles. The number of benzene rings is 1. The van der Waals surface area contributed by atoms with E-state index in [4.69, 9.17) is 4.74 Å². The molecule has 0 aliphatic carbocycles. The Morgan fingerprint density at radius 2 is 1.74 bits per heavy atom. The van der Waals surface area contributed by atoms with E-state index in [0.29, 0.717) is 11.7 Å². The third-order valence-electron chi connectivity index (χ3n) is 3.09. The number of carbonyl (C=O) groups excluding carboxylic acids is 1. The molecule has 0 aromatic heterocycles. The van der Waals surface area contributed by atoms with Crippen molar-refractivity contribution in [1.29, 1.82) is 0 Å². The van der Waals surface area contributed by atoms with Gasteiger partial charge in [-0.25, -0.2) is 4.39 Å². The summed E-state index contributed by atoms with van der Waals surface area (Å²) in [4.78, 5) is 12.1. The van der Waals surface area contributed by atoms with Gasteiger partial charge in [0.25, 0.3) is 5.91 Å². The summed E-state index contributed by atoms with van der Waals surface area (Å²) in [6, 6.07) is 5.70. The molecule has 0 saturated heterocycles. The van der Waals surface area contributed by atoms with E-state index in [1.165, 1.54) is 24.3 Å². The van der Waals surface area contributed by atoms with E-state index in [2.05, 4.69) is 5.32 Å². The molecule has 0 saturated carbocycles. The molecule has 1 N–H and O–H groups in total. The number of hydrogen-bond acceptors (Lipinski definition) is 2. The Labute approximate surface area is 114 Å². The molecule has 1 amide bonds. The van der Waals surface area contributed by atoms with E-state index in [1.807, 2.05) is 20.8 Å². The molecule has 4 heteroatoms. The quantitative estimate of drug-likeness (QED) is 0.890. The third-order valence-corrected chi connectivity index (χ3v) is 3.09. The van der Waals surface area contributed by atoms with Gasteiger partial charge in [-0.2, -0.15) is 0 Å². The highest BCUT2D eigenvalue weighted by molar-refractivity contribution is 5.84. The van der Waals surface area contributed by atoms with E-state index < -0.39 is 5.60 Å². The number of rotatable bonds is 5. The van der Waals surface area contributed by atoms with Crippen LogP contribution in [0.15, 0.2) is 24.3 Å². The summed E-state index contributed by atoms with van der Waals surface area (Å²) >= 11 is 0. The van der Waals surface area contributed by atoms with Gasteiger partial charge in [-0.1, -0.05) is 13.8 Å². The first kappa shape index (κ1) is 15.5. The van der Waals surface area contributed by atoms with Crippen LogP contribution in [-0.2, 0) is 4.79 Å². The summed E-state index contributed by atoms with van der Waals surface area (Å²) in [5.41, 5.74) is -0.999. The van der Waals surface area contributed by atoms with Gasteiger partial charge in [-0.3, -0.25) is 4.79 Å². The molecule has 1 rings (SSSR count). The van der Waals surface area contributed by atoms with Gasteiger partial charge in [-0.05, 0) is 51.0 Å². The fourth-order valence-electron chi connectivity index (χ4n) is 1.39. The number of ether oxygens (including phenoxy) is 1. The first-order chi connectivity index (χ1) is 8.72. The molecule has 0 fully saturated rings. The zero-order chi connectivity index (χ0) is 14.6. The average molecular weight is 267 g/mol. The van der Waals surface area contributed by atoms with Crippen LogP contribution in [0.4, 0.5) is 4.39 Å². The highest BCUT2D eigenvalue weighted by Crippen LogP contribution is 2.19. The number of hydrogen-bond donors (Lipinski definition) is 1. The van der Waals surface area contributed by atoms with Crippen LogP contribution in [0, 0.1) is 11.7 Å². The highest BCUT2D eigenvalue weighted by Gasteiger charge is 2.31. The molecule has 0 bridgehead atoms. The fraction of sp³-hybridized carbons (Fsp3) is 0.533. The van der Waals surface area contributed by atoms with Crippen molar-refractivity contribution in [3.05, 3.63) is 30.1 Å². The lowest BCUT2D eigenvalue weighted by atomic mass is 10.0. The molecule has 1 aromatic carbocycles. The number of halogens is 1. The molecule has 3 nitrogen and oxygen atoms in total. The van der Waals surface area contributed by atoms with Crippen LogP contribution in [0.1, 0.15) is 34.6 Å². The van der Waals surface area contributed by atoms with Crippen molar-refractivity contribution in [2.45, 2.75) is 46.3 Å². The van der Waals surface area contributed by atoms with E-state index in [0.717, 1.165) is 0 Å². The average Bonchev–Trinajstić information content (AvgIpc) is 2.31. The van der Waals surface area contributed by atoms with Crippen LogP contribution in [0.5, 0.6) is 5.75 Å². The molecular weight excluding hydrogens is 245 g/mol. The maximum Gasteiger partial charge on any atom is 0.263 e. The standard InChI is InChI=1S/C15H22FNO2/c1-10(2)11(3)17-14(18)15(4,5)19-13-8-6-12(16)7-9-13/h6-11H,1-5H3,(H,17,18). The van der Waals surface area contributed by atoms with Gasteiger partial charge >= 0.3 is 0 Å². The lowest BCUT2D eigenvalue weighted by Gasteiger charge is -2.28. The van der Waals surface area contributed by atoms with Crippen molar-refractivity contribution in [2.24, 2.45) is 5.92 Å². The molecule has 0 aliphatic rings. The van der Waals surface area contributed by atoms with Crippen molar-refractivity contribution < 1.29 is 13.9 Å². The SMILES string of the molecule is CC(C)C(C)NC(=O)C(C)(C)Oc1ccc(F)cc1. The topological polar surface area (TPSA) is 38.3 Å². The van der Waals surface area contributed by atoms with Crippen molar-refractivity contribution >= 4 is 5.91 Å². The molecule has 0 radical (unpaired) electrons. The Morgan fingerprint density at radius 1 is 1.21 bits per heavy atom. The summed E-state index contributed by atoms with van der Waals surface area (Å²) in [5.74, 6) is 0.311. The molecular formula is C15H22FNO2. The Morgan fingerprint density at radius 3 is 2.21 bits per heavy atom. The van der Waals surface area contributed by atoms with Crippen LogP contribution in [-0.4, -0.2) is 17.6 Å². The summed E-state index contributed by atoms with van der Waals surface area (Å²) in [6.07, 6.45) is 0. The maximum atomic E-state index is 12.8. The van der Waals surface area contributed by atoms with Crippen LogP contribution in [0.25, 0.3) is 0 Å². The largest absolute Gasteiger partial charge is 0.478 e. The van der Waals surface area contributed by atoms with Crippen LogP contribution >= 0.6 is 0 Å². The number of carbonyl (C=O) groups is 1. The second-order valence-electron chi connectivity index (χ2n) is 5.57. The van der Waals surface area contributed by atoms with E-state index in [9.17, 15) is 9.18 Å². The van der Waals surface area contributed by atoms with E-state index in [-0.39, 0.29) is 17.8 Å². The van der Waals surface area contributed by atoms with E-state index >= 15 is 0 Å². The number of nitrogens with one attached hydrogen (secondary N) is 1. The van der Waals surface area contributed by atoms with Crippen molar-refractivity contribution in [3.63, 3.8) is 0 Å². The minimum absolute atomic E-state index is 0.0728. The first-order valence-corrected chi connectivity index (χ1v) is 6.48. The van der Waals surface area contributed by atoms with Crippen molar-refractivity contribution in [2.75, 3.05) is 0 Å². The molecule has 1 aromatic rings. The second-order valence-corrected chi connectivity index (χ2v) is 5.57. The third kappa shape index (κ3) is 4.54. The Balaban J connectivity index is 2.69. The normalized spacial score (nSPS) is 13.2. The monoisotopic (exact) mass is 267 g/mol. The zero-order valence-electron chi connectivity index (χ0n) is 12.2. The first-order valence-electron chi connectivity index (χ1n) is 6.48. The summed E-state index contributed by atoms with van der Waals surface area (Å²) in [7, 11) is 0. The molecule has 1 atom stereocenters. The minimum atomic E-state index is -0.999. The van der Waals surface area contributed by atoms with Gasteiger partial charge in [0, 0.05) is 6.04 Å². The summed E-state index contributed by atoms with van der Waals surface area (Å²) in [5, 5.41) is 2.91. The smallest absolute Gasteiger partial charge is 0.263 e. The minimum Gasteiger partial charge on any atom is -0.478 e. The highest BCUT2D eigenvalue weighted by atomic mass is 19.1. The zero-order valence-corrected chi connectivity index (χ0v) is 12.2. The lowest BCUT2D eigenvalue weighted by Crippen LogP contribution is -2.50. The summed E-state index contributed by atoms with van der Waals surface area (Å²) < 4.78 is 18.4. The molecule has 19 heavy (non-hydrogen) atoms. The van der Waals surface area contributed by atoms with Gasteiger partial charge in [-0.15, -0.1) is 0 Å². The van der Waals surface area contributed by atoms with Gasteiger partial charge in [0.1, 0.15) is 11.6 Å². The van der Waals surface area contributed by atoms with Gasteiger partial charge in [0.15, 0.2) is 5.60 Å². The predicted molar refractivity (Wildman–Crippen MR) is 73.5 cm³/mol. The van der Waals surface area contributed by atoms with Crippen LogP contribution in [0.3, 0.4) is 0 Å². The molecule has 0 aliphatic heterocycles. The fourth-order valence-corrected chi connectivity index (χ4v) is 1.39. The molecule has 106 valence electrons. The van der Waals surface area contributed by atoms with Crippen molar-refractivity contribution in [1.82, 2.24) is 5.32 Å². The van der Waals surface area contributed by atoms with Crippen LogP contribution < -0.4 is 10.1 Å². The second kappa shape index (κ2) is 6.04. The van der Waals surface area contributed by atoms with Gasteiger partial charge in [0.2, 0.25) is 0 Å². The van der Waals surface area contributed by atoms with Crippen molar-refractivity contribution in [3.8, 4) is 5.75 Å². The summed E-state index contributed by atoms with van der Waals surface area (Å²) in [6.45, 7) is 9.42. The molecule has 1 unspecified atom stereocenters. The molecule has 0 spiro atoms. The van der Waals surface area contributed by atoms with Crippen LogP contribution in [0.2, 0.25) is 0 Å². The number of amides is 1. The van der Waals surface area contributed by atoms with Gasteiger partial charge < -0.3 is 10.1 Å². The maximum absolute atomic E-state index is 12.8. The Kier molecular flexibility index (Phi) is 4.92. The van der Waals surface area contributed by atoms with Gasteiger partial charge in [0.05, 0.1) is 0 Å². The predicted octanol–water partition coefficient (Wildman–Crippen LogP) is 3.14.